The van der Waals surface area contributed by atoms with Gasteiger partial charge in [0.25, 0.3) is 0 Å². The Kier molecular flexibility index (Phi) is 12.4. The van der Waals surface area contributed by atoms with Gasteiger partial charge < -0.3 is 40.2 Å². The Morgan fingerprint density at radius 1 is 0.674 bits per heavy atom. The van der Waals surface area contributed by atoms with Crippen molar-refractivity contribution in [2.75, 3.05) is 44.3 Å². The van der Waals surface area contributed by atoms with Crippen molar-refractivity contribution in [1.82, 2.24) is 9.80 Å². The molecule has 0 aliphatic carbocycles. The standard InChI is InChI=1S/2C16H24N2O4S/c1-5-21-14(19)12-10-6-8-18(15(20)22-16(2,3)4)9-7-11(10)23-13(12)17;1-5-21-14(19)12-10-7-6-8-18(9-11(10)23-13(12)17)15(20)22-16(2,3)4/h2*5-9,17H2,1-4H3. The van der Waals surface area contributed by atoms with Gasteiger partial charge in [-0.05, 0) is 92.2 Å². The Morgan fingerprint density at radius 3 is 1.63 bits per heavy atom. The van der Waals surface area contributed by atoms with Crippen LogP contribution in [-0.4, -0.2) is 78.0 Å². The summed E-state index contributed by atoms with van der Waals surface area (Å²) in [5.41, 5.74) is 13.7. The molecule has 0 saturated heterocycles. The summed E-state index contributed by atoms with van der Waals surface area (Å²) in [4.78, 5) is 54.1. The fourth-order valence-electron chi connectivity index (χ4n) is 5.07. The summed E-state index contributed by atoms with van der Waals surface area (Å²) in [6, 6.07) is 0. The number of nitrogens with zero attached hydrogens (tertiary/aromatic N) is 2. The third-order valence-electron chi connectivity index (χ3n) is 6.93. The molecule has 4 N–H and O–H groups in total. The van der Waals surface area contributed by atoms with Gasteiger partial charge in [0.15, 0.2) is 0 Å². The molecule has 2 aromatic rings. The minimum absolute atomic E-state index is 0.312. The number of hydrogen-bond acceptors (Lipinski definition) is 12. The Bertz CT molecular complexity index is 1420. The smallest absolute Gasteiger partial charge is 0.410 e. The summed E-state index contributed by atoms with van der Waals surface area (Å²) < 4.78 is 21.1. The quantitative estimate of drug-likeness (QED) is 0.288. The van der Waals surface area contributed by atoms with Crippen LogP contribution < -0.4 is 11.5 Å². The molecule has 0 saturated carbocycles. The van der Waals surface area contributed by atoms with Gasteiger partial charge in [-0.25, -0.2) is 19.2 Å². The molecule has 0 radical (unpaired) electrons. The van der Waals surface area contributed by atoms with Gasteiger partial charge in [-0.15, -0.1) is 22.7 Å². The third-order valence-corrected chi connectivity index (χ3v) is 9.10. The largest absolute Gasteiger partial charge is 0.462 e. The molecular weight excluding hydrogens is 633 g/mol. The van der Waals surface area contributed by atoms with Gasteiger partial charge in [-0.1, -0.05) is 0 Å². The van der Waals surface area contributed by atoms with E-state index in [2.05, 4.69) is 0 Å². The number of rotatable bonds is 4. The zero-order chi connectivity index (χ0) is 34.4. The number of esters is 2. The number of carbonyl (C=O) groups is 4. The fourth-order valence-corrected chi connectivity index (χ4v) is 7.28. The van der Waals surface area contributed by atoms with Crippen LogP contribution in [0.15, 0.2) is 0 Å². The molecule has 4 heterocycles. The van der Waals surface area contributed by atoms with Crippen molar-refractivity contribution in [2.45, 2.75) is 98.8 Å². The lowest BCUT2D eigenvalue weighted by molar-refractivity contribution is 0.0234. The average Bonchev–Trinajstić information content (AvgIpc) is 3.20. The van der Waals surface area contributed by atoms with Crippen molar-refractivity contribution >= 4 is 56.8 Å². The van der Waals surface area contributed by atoms with E-state index in [1.807, 2.05) is 41.5 Å². The molecule has 0 atom stereocenters. The maximum atomic E-state index is 12.3. The summed E-state index contributed by atoms with van der Waals surface area (Å²) in [6.07, 6.45) is 2.05. The minimum atomic E-state index is -0.531. The van der Waals surface area contributed by atoms with Crippen LogP contribution in [0.25, 0.3) is 0 Å². The highest BCUT2D eigenvalue weighted by Gasteiger charge is 2.31. The van der Waals surface area contributed by atoms with E-state index in [-0.39, 0.29) is 24.1 Å². The van der Waals surface area contributed by atoms with Crippen LogP contribution in [0, 0.1) is 0 Å². The zero-order valence-electron chi connectivity index (χ0n) is 28.2. The van der Waals surface area contributed by atoms with E-state index in [9.17, 15) is 19.2 Å². The zero-order valence-corrected chi connectivity index (χ0v) is 29.8. The second-order valence-electron chi connectivity index (χ2n) is 12.9. The van der Waals surface area contributed by atoms with Gasteiger partial charge in [0.05, 0.1) is 30.9 Å². The van der Waals surface area contributed by atoms with Crippen molar-refractivity contribution in [3.63, 3.8) is 0 Å². The molecule has 0 bridgehead atoms. The van der Waals surface area contributed by atoms with Crippen LogP contribution >= 0.6 is 22.7 Å². The fraction of sp³-hybridized carbons (Fsp3) is 0.625. The first-order valence-corrected chi connectivity index (χ1v) is 17.2. The summed E-state index contributed by atoms with van der Waals surface area (Å²) in [5, 5.41) is 0.957. The summed E-state index contributed by atoms with van der Waals surface area (Å²) in [7, 11) is 0. The molecule has 0 unspecified atom stereocenters. The van der Waals surface area contributed by atoms with Crippen molar-refractivity contribution in [1.29, 1.82) is 0 Å². The van der Waals surface area contributed by atoms with Crippen molar-refractivity contribution in [2.24, 2.45) is 0 Å². The maximum Gasteiger partial charge on any atom is 0.410 e. The molecule has 256 valence electrons. The Hall–Kier alpha value is -3.52. The average molecular weight is 681 g/mol. The van der Waals surface area contributed by atoms with Gasteiger partial charge in [0, 0.05) is 29.4 Å². The first-order valence-electron chi connectivity index (χ1n) is 15.6. The molecule has 14 heteroatoms. The number of anilines is 2. The lowest BCUT2D eigenvalue weighted by atomic mass is 10.1. The summed E-state index contributed by atoms with van der Waals surface area (Å²) in [5.74, 6) is -0.763. The third kappa shape index (κ3) is 9.74. The van der Waals surface area contributed by atoms with Crippen LogP contribution in [0.2, 0.25) is 0 Å². The lowest BCUT2D eigenvalue weighted by Crippen LogP contribution is -2.38. The van der Waals surface area contributed by atoms with E-state index in [0.717, 1.165) is 27.3 Å². The molecule has 0 fully saturated rings. The Labute approximate surface area is 279 Å². The highest BCUT2D eigenvalue weighted by atomic mass is 32.1. The van der Waals surface area contributed by atoms with Crippen LogP contribution in [0.5, 0.6) is 0 Å². The predicted octanol–water partition coefficient (Wildman–Crippen LogP) is 6.03. The number of hydrogen-bond donors (Lipinski definition) is 2. The molecule has 2 aliphatic rings. The number of nitrogen functional groups attached to an aromatic ring is 2. The molecule has 2 amide bonds. The van der Waals surface area contributed by atoms with Gasteiger partial charge >= 0.3 is 24.1 Å². The lowest BCUT2D eigenvalue weighted by Gasteiger charge is -2.26. The molecule has 2 aromatic heterocycles. The Balaban J connectivity index is 0.000000250. The van der Waals surface area contributed by atoms with Crippen LogP contribution in [0.3, 0.4) is 0 Å². The van der Waals surface area contributed by atoms with Gasteiger partial charge in [0.2, 0.25) is 0 Å². The molecule has 0 spiro atoms. The van der Waals surface area contributed by atoms with Crippen LogP contribution in [-0.2, 0) is 44.8 Å². The number of thiophene rings is 2. The van der Waals surface area contributed by atoms with Crippen molar-refractivity contribution in [3.05, 3.63) is 32.0 Å². The summed E-state index contributed by atoms with van der Waals surface area (Å²) in [6.45, 7) is 17.3. The highest BCUT2D eigenvalue weighted by Crippen LogP contribution is 2.36. The number of amides is 2. The van der Waals surface area contributed by atoms with E-state index in [1.54, 1.807) is 23.6 Å². The monoisotopic (exact) mass is 680 g/mol. The number of nitrogens with two attached hydrogens (primary N) is 2. The number of fused-ring (bicyclic) bond motifs is 2. The molecule has 0 aromatic carbocycles. The highest BCUT2D eigenvalue weighted by molar-refractivity contribution is 7.16. The predicted molar refractivity (Wildman–Crippen MR) is 180 cm³/mol. The van der Waals surface area contributed by atoms with E-state index in [1.165, 1.54) is 22.7 Å². The molecule has 46 heavy (non-hydrogen) atoms. The van der Waals surface area contributed by atoms with Crippen LogP contribution in [0.1, 0.15) is 103 Å². The van der Waals surface area contributed by atoms with Gasteiger partial charge in [-0.3, -0.25) is 0 Å². The number of carbonyl (C=O) groups excluding carboxylic acids is 4. The SMILES string of the molecule is CCOC(=O)c1c(N)sc2c1CCCN(C(=O)OC(C)(C)C)C2.CCOC(=O)c1c(N)sc2c1CCN(C(=O)OC(C)(C)C)CC2. The van der Waals surface area contributed by atoms with Crippen molar-refractivity contribution < 1.29 is 38.1 Å². The van der Waals surface area contributed by atoms with Gasteiger partial charge in [0.1, 0.15) is 21.2 Å². The molecule has 12 nitrogen and oxygen atoms in total. The van der Waals surface area contributed by atoms with E-state index in [0.29, 0.717) is 79.8 Å². The molecule has 2 aliphatic heterocycles. The minimum Gasteiger partial charge on any atom is -0.462 e. The molecule has 4 rings (SSSR count). The van der Waals surface area contributed by atoms with Crippen molar-refractivity contribution in [3.8, 4) is 0 Å². The number of ether oxygens (including phenoxy) is 4. The maximum absolute atomic E-state index is 12.3. The van der Waals surface area contributed by atoms with Gasteiger partial charge in [-0.2, -0.15) is 0 Å². The first kappa shape index (κ1) is 36.9. The topological polar surface area (TPSA) is 164 Å². The second-order valence-corrected chi connectivity index (χ2v) is 15.2. The molecular formula is C32H48N4O8S2. The first-order chi connectivity index (χ1) is 21.5. The summed E-state index contributed by atoms with van der Waals surface area (Å²) >= 11 is 2.76. The Morgan fingerprint density at radius 2 is 1.13 bits per heavy atom. The van der Waals surface area contributed by atoms with E-state index in [4.69, 9.17) is 30.4 Å². The normalized spacial score (nSPS) is 14.9. The van der Waals surface area contributed by atoms with E-state index >= 15 is 0 Å². The second kappa shape index (κ2) is 15.4. The van der Waals surface area contributed by atoms with Crippen LogP contribution in [0.4, 0.5) is 19.6 Å². The van der Waals surface area contributed by atoms with E-state index < -0.39 is 11.2 Å².